The molecule has 7 nitrogen and oxygen atoms in total. The molecule has 19 heavy (non-hydrogen) atoms. The molecule has 0 fully saturated rings. The topological polar surface area (TPSA) is 102 Å². The molecule has 94 valence electrons. The fourth-order valence-electron chi connectivity index (χ4n) is 1.30. The molecule has 0 aliphatic carbocycles. The van der Waals surface area contributed by atoms with Crippen molar-refractivity contribution in [2.75, 3.05) is 0 Å². The Morgan fingerprint density at radius 3 is 2.89 bits per heavy atom. The number of benzene rings is 1. The Bertz CT molecular complexity index is 684. The van der Waals surface area contributed by atoms with Crippen molar-refractivity contribution in [1.29, 1.82) is 5.26 Å². The van der Waals surface area contributed by atoms with Crippen LogP contribution in [0.15, 0.2) is 34.9 Å². The molecule has 8 heteroatoms. The van der Waals surface area contributed by atoms with Crippen LogP contribution in [0, 0.1) is 21.4 Å². The van der Waals surface area contributed by atoms with Crippen molar-refractivity contribution in [2.24, 2.45) is 0 Å². The summed E-state index contributed by atoms with van der Waals surface area (Å²) in [7, 11) is 0. The van der Waals surface area contributed by atoms with E-state index in [-0.39, 0.29) is 22.9 Å². The number of nitro benzene ring substituents is 1. The lowest BCUT2D eigenvalue weighted by Crippen LogP contribution is -1.95. The van der Waals surface area contributed by atoms with Crippen LogP contribution in [0.2, 0.25) is 0 Å². The Hall–Kier alpha value is -2.53. The van der Waals surface area contributed by atoms with Crippen LogP contribution in [0.1, 0.15) is 5.56 Å². The number of ether oxygens (including phenoxy) is 1. The summed E-state index contributed by atoms with van der Waals surface area (Å²) in [5.74, 6) is 0.190. The molecule has 0 N–H and O–H groups in total. The average molecular weight is 321 g/mol. The summed E-state index contributed by atoms with van der Waals surface area (Å²) >= 11 is 3.14. The third kappa shape index (κ3) is 3.02. The summed E-state index contributed by atoms with van der Waals surface area (Å²) in [6, 6.07) is 7.44. The van der Waals surface area contributed by atoms with Crippen molar-refractivity contribution < 1.29 is 9.66 Å². The van der Waals surface area contributed by atoms with Gasteiger partial charge in [-0.1, -0.05) is 15.9 Å². The van der Waals surface area contributed by atoms with Crippen molar-refractivity contribution in [3.05, 3.63) is 50.6 Å². The van der Waals surface area contributed by atoms with Crippen molar-refractivity contribution in [3.8, 4) is 17.7 Å². The Morgan fingerprint density at radius 1 is 1.42 bits per heavy atom. The Kier molecular flexibility index (Phi) is 3.68. The number of rotatable bonds is 3. The van der Waals surface area contributed by atoms with Gasteiger partial charge in [-0.2, -0.15) is 10.4 Å². The molecule has 0 bridgehead atoms. The van der Waals surface area contributed by atoms with Gasteiger partial charge < -0.3 is 4.74 Å². The molecule has 0 saturated heterocycles. The largest absolute Gasteiger partial charge is 0.436 e. The van der Waals surface area contributed by atoms with E-state index in [0.29, 0.717) is 4.47 Å². The highest BCUT2D eigenvalue weighted by Crippen LogP contribution is 2.29. The molecule has 1 aromatic heterocycles. The van der Waals surface area contributed by atoms with Gasteiger partial charge in [-0.3, -0.25) is 10.1 Å². The predicted octanol–water partition coefficient (Wildman–Crippen LogP) is 2.81. The first-order valence-corrected chi connectivity index (χ1v) is 5.74. The van der Waals surface area contributed by atoms with Crippen LogP contribution >= 0.6 is 15.9 Å². The van der Waals surface area contributed by atoms with E-state index in [0.717, 1.165) is 0 Å². The van der Waals surface area contributed by atoms with Crippen LogP contribution in [0.5, 0.6) is 11.6 Å². The van der Waals surface area contributed by atoms with Crippen molar-refractivity contribution in [3.63, 3.8) is 0 Å². The molecule has 2 aromatic rings. The number of aromatic nitrogens is 2. The van der Waals surface area contributed by atoms with Gasteiger partial charge in [0.2, 0.25) is 0 Å². The maximum absolute atomic E-state index is 10.7. The summed E-state index contributed by atoms with van der Waals surface area (Å²) in [6.45, 7) is 0. The van der Waals surface area contributed by atoms with E-state index >= 15 is 0 Å². The first kappa shape index (κ1) is 12.9. The van der Waals surface area contributed by atoms with Gasteiger partial charge in [-0.15, -0.1) is 5.10 Å². The Morgan fingerprint density at radius 2 is 2.21 bits per heavy atom. The van der Waals surface area contributed by atoms with Crippen LogP contribution < -0.4 is 4.74 Å². The van der Waals surface area contributed by atoms with Gasteiger partial charge in [0, 0.05) is 10.5 Å². The summed E-state index contributed by atoms with van der Waals surface area (Å²) in [4.78, 5) is 10.2. The fourth-order valence-corrected chi connectivity index (χ4v) is 1.76. The summed E-state index contributed by atoms with van der Waals surface area (Å²) in [5.41, 5.74) is 0.0596. The lowest BCUT2D eigenvalue weighted by atomic mass is 10.3. The predicted molar refractivity (Wildman–Crippen MR) is 67.6 cm³/mol. The lowest BCUT2D eigenvalue weighted by molar-refractivity contribution is -0.385. The molecule has 0 radical (unpaired) electrons. The van der Waals surface area contributed by atoms with Gasteiger partial charge in [0.05, 0.1) is 17.2 Å². The Labute approximate surface area is 115 Å². The minimum absolute atomic E-state index is 0.00241. The molecule has 0 aliphatic heterocycles. The van der Waals surface area contributed by atoms with Crippen LogP contribution in [0.3, 0.4) is 0 Å². The van der Waals surface area contributed by atoms with E-state index < -0.39 is 4.92 Å². The zero-order valence-electron chi connectivity index (χ0n) is 9.28. The maximum Gasteiger partial charge on any atom is 0.274 e. The molecule has 0 saturated carbocycles. The van der Waals surface area contributed by atoms with E-state index in [9.17, 15) is 10.1 Å². The fraction of sp³-hybridized carbons (Fsp3) is 0. The van der Waals surface area contributed by atoms with Crippen LogP contribution in [-0.4, -0.2) is 15.1 Å². The normalized spacial score (nSPS) is 9.68. The van der Waals surface area contributed by atoms with Crippen LogP contribution in [0.25, 0.3) is 0 Å². The SMILES string of the molecule is N#Cc1ccnnc1Oc1cc(Br)cc([N+](=O)[O-])c1. The van der Waals surface area contributed by atoms with E-state index in [1.54, 1.807) is 0 Å². The first-order valence-electron chi connectivity index (χ1n) is 4.95. The smallest absolute Gasteiger partial charge is 0.274 e. The highest BCUT2D eigenvalue weighted by atomic mass is 79.9. The highest BCUT2D eigenvalue weighted by molar-refractivity contribution is 9.10. The highest BCUT2D eigenvalue weighted by Gasteiger charge is 2.12. The Balaban J connectivity index is 2.39. The molecular weight excluding hydrogens is 316 g/mol. The third-order valence-electron chi connectivity index (χ3n) is 2.09. The molecule has 2 rings (SSSR count). The summed E-state index contributed by atoms with van der Waals surface area (Å²) < 4.78 is 5.83. The minimum Gasteiger partial charge on any atom is -0.436 e. The number of nitro groups is 1. The third-order valence-corrected chi connectivity index (χ3v) is 2.55. The van der Waals surface area contributed by atoms with Crippen molar-refractivity contribution >= 4 is 21.6 Å². The van der Waals surface area contributed by atoms with E-state index in [1.165, 1.54) is 30.5 Å². The number of nitrogens with zero attached hydrogens (tertiary/aromatic N) is 4. The van der Waals surface area contributed by atoms with Crippen molar-refractivity contribution in [2.45, 2.75) is 0 Å². The second kappa shape index (κ2) is 5.41. The van der Waals surface area contributed by atoms with Gasteiger partial charge in [-0.25, -0.2) is 0 Å². The molecule has 0 aliphatic rings. The quantitative estimate of drug-likeness (QED) is 0.636. The molecule has 1 heterocycles. The standard InChI is InChI=1S/C11H5BrN4O3/c12-8-3-9(16(17)18)5-10(4-8)19-11-7(6-13)1-2-14-15-11/h1-5H. The number of non-ortho nitro benzene ring substituents is 1. The number of nitriles is 1. The second-order valence-electron chi connectivity index (χ2n) is 3.37. The lowest BCUT2D eigenvalue weighted by Gasteiger charge is -2.05. The van der Waals surface area contributed by atoms with Gasteiger partial charge >= 0.3 is 0 Å². The van der Waals surface area contributed by atoms with E-state index in [1.807, 2.05) is 6.07 Å². The van der Waals surface area contributed by atoms with E-state index in [2.05, 4.69) is 26.1 Å². The monoisotopic (exact) mass is 320 g/mol. The van der Waals surface area contributed by atoms with Crippen LogP contribution in [-0.2, 0) is 0 Å². The van der Waals surface area contributed by atoms with Gasteiger partial charge in [0.1, 0.15) is 17.4 Å². The second-order valence-corrected chi connectivity index (χ2v) is 4.28. The number of halogens is 1. The number of hydrogen-bond acceptors (Lipinski definition) is 6. The maximum atomic E-state index is 10.7. The minimum atomic E-state index is -0.542. The van der Waals surface area contributed by atoms with Gasteiger partial charge in [0.25, 0.3) is 11.6 Å². The molecular formula is C11H5BrN4O3. The van der Waals surface area contributed by atoms with Gasteiger partial charge in [0.15, 0.2) is 0 Å². The zero-order chi connectivity index (χ0) is 13.8. The molecule has 0 unspecified atom stereocenters. The molecule has 0 amide bonds. The molecule has 0 atom stereocenters. The van der Waals surface area contributed by atoms with Crippen molar-refractivity contribution in [1.82, 2.24) is 10.2 Å². The average Bonchev–Trinajstić information content (AvgIpc) is 2.38. The number of hydrogen-bond donors (Lipinski definition) is 0. The van der Waals surface area contributed by atoms with Gasteiger partial charge in [-0.05, 0) is 12.1 Å². The van der Waals surface area contributed by atoms with Crippen LogP contribution in [0.4, 0.5) is 5.69 Å². The summed E-state index contributed by atoms with van der Waals surface area (Å²) in [6.07, 6.45) is 1.36. The van der Waals surface area contributed by atoms with E-state index in [4.69, 9.17) is 10.00 Å². The molecule has 0 spiro atoms. The first-order chi connectivity index (χ1) is 9.10. The molecule has 1 aromatic carbocycles. The zero-order valence-corrected chi connectivity index (χ0v) is 10.9. The summed E-state index contributed by atoms with van der Waals surface area (Å²) in [5, 5.41) is 26.9.